The first-order valence-corrected chi connectivity index (χ1v) is 8.01. The Morgan fingerprint density at radius 2 is 1.74 bits per heavy atom. The standard InChI is InChI=1S/C11H13Cl2FN2O2S/c12-9-5-7(14)6-10(13)11(9)19(17,18)16-8-1-3-15-4-2-8/h5-6,8,15-16H,1-4H2. The van der Waals surface area contributed by atoms with Crippen molar-refractivity contribution >= 4 is 33.2 Å². The Morgan fingerprint density at radius 3 is 2.26 bits per heavy atom. The number of benzene rings is 1. The van der Waals surface area contributed by atoms with Crippen molar-refractivity contribution in [2.24, 2.45) is 0 Å². The van der Waals surface area contributed by atoms with E-state index in [1.54, 1.807) is 0 Å². The maximum absolute atomic E-state index is 13.1. The Labute approximate surface area is 121 Å². The maximum atomic E-state index is 13.1. The Morgan fingerprint density at radius 1 is 1.21 bits per heavy atom. The molecule has 0 radical (unpaired) electrons. The van der Waals surface area contributed by atoms with Gasteiger partial charge in [-0.15, -0.1) is 0 Å². The van der Waals surface area contributed by atoms with E-state index in [4.69, 9.17) is 23.2 Å². The van der Waals surface area contributed by atoms with E-state index in [9.17, 15) is 12.8 Å². The molecular weight excluding hydrogens is 314 g/mol. The van der Waals surface area contributed by atoms with Gasteiger partial charge in [-0.25, -0.2) is 17.5 Å². The van der Waals surface area contributed by atoms with Gasteiger partial charge in [-0.05, 0) is 38.1 Å². The first-order valence-electron chi connectivity index (χ1n) is 5.78. The number of nitrogens with one attached hydrogen (secondary N) is 2. The number of halogens is 3. The highest BCUT2D eigenvalue weighted by atomic mass is 35.5. The van der Waals surface area contributed by atoms with Gasteiger partial charge in [0.2, 0.25) is 10.0 Å². The van der Waals surface area contributed by atoms with Crippen LogP contribution in [0.25, 0.3) is 0 Å². The van der Waals surface area contributed by atoms with Gasteiger partial charge in [0.25, 0.3) is 0 Å². The molecule has 1 aromatic carbocycles. The monoisotopic (exact) mass is 326 g/mol. The highest BCUT2D eigenvalue weighted by molar-refractivity contribution is 7.89. The summed E-state index contributed by atoms with van der Waals surface area (Å²) >= 11 is 11.6. The third kappa shape index (κ3) is 3.58. The van der Waals surface area contributed by atoms with E-state index in [0.29, 0.717) is 12.8 Å². The average molecular weight is 327 g/mol. The summed E-state index contributed by atoms with van der Waals surface area (Å²) in [5, 5.41) is 2.70. The van der Waals surface area contributed by atoms with Crippen LogP contribution in [0.2, 0.25) is 10.0 Å². The van der Waals surface area contributed by atoms with Crippen molar-refractivity contribution in [3.05, 3.63) is 28.0 Å². The van der Waals surface area contributed by atoms with Gasteiger partial charge < -0.3 is 5.32 Å². The van der Waals surface area contributed by atoms with Gasteiger partial charge >= 0.3 is 0 Å². The summed E-state index contributed by atoms with van der Waals surface area (Å²) < 4.78 is 40.1. The smallest absolute Gasteiger partial charge is 0.243 e. The molecule has 0 atom stereocenters. The third-order valence-corrected chi connectivity index (χ3v) is 5.33. The van der Waals surface area contributed by atoms with Gasteiger partial charge in [-0.2, -0.15) is 0 Å². The average Bonchev–Trinajstić information content (AvgIpc) is 2.27. The number of hydrogen-bond donors (Lipinski definition) is 2. The van der Waals surface area contributed by atoms with Gasteiger partial charge in [-0.1, -0.05) is 23.2 Å². The molecule has 0 bridgehead atoms. The molecular formula is C11H13Cl2FN2O2S. The van der Waals surface area contributed by atoms with Crippen LogP contribution in [0, 0.1) is 5.82 Å². The van der Waals surface area contributed by atoms with E-state index in [-0.39, 0.29) is 21.0 Å². The minimum Gasteiger partial charge on any atom is -0.317 e. The van der Waals surface area contributed by atoms with Crippen LogP contribution < -0.4 is 10.0 Å². The van der Waals surface area contributed by atoms with Crippen molar-refractivity contribution in [1.82, 2.24) is 10.0 Å². The Bertz CT molecular complexity index is 551. The minimum atomic E-state index is -3.85. The maximum Gasteiger partial charge on any atom is 0.243 e. The lowest BCUT2D eigenvalue weighted by Gasteiger charge is -2.24. The van der Waals surface area contributed by atoms with Crippen LogP contribution in [0.1, 0.15) is 12.8 Å². The molecule has 106 valence electrons. The first-order chi connectivity index (χ1) is 8.90. The second kappa shape index (κ2) is 5.93. The lowest BCUT2D eigenvalue weighted by atomic mass is 10.1. The van der Waals surface area contributed by atoms with Gasteiger partial charge in [0.15, 0.2) is 0 Å². The van der Waals surface area contributed by atoms with Gasteiger partial charge in [0.1, 0.15) is 10.7 Å². The molecule has 0 aromatic heterocycles. The van der Waals surface area contributed by atoms with Crippen molar-refractivity contribution in [3.8, 4) is 0 Å². The molecule has 1 heterocycles. The Kier molecular flexibility index (Phi) is 4.68. The third-order valence-electron chi connectivity index (χ3n) is 2.89. The first kappa shape index (κ1) is 15.0. The molecule has 0 spiro atoms. The van der Waals surface area contributed by atoms with Crippen LogP contribution >= 0.6 is 23.2 Å². The minimum absolute atomic E-state index is 0.163. The van der Waals surface area contributed by atoms with E-state index < -0.39 is 15.8 Å². The van der Waals surface area contributed by atoms with Crippen LogP contribution in [0.15, 0.2) is 17.0 Å². The zero-order chi connectivity index (χ0) is 14.0. The van der Waals surface area contributed by atoms with Gasteiger partial charge in [0, 0.05) is 6.04 Å². The number of piperidine rings is 1. The van der Waals surface area contributed by atoms with Crippen LogP contribution in [0.4, 0.5) is 4.39 Å². The molecule has 0 aliphatic carbocycles. The van der Waals surface area contributed by atoms with Crippen molar-refractivity contribution < 1.29 is 12.8 Å². The molecule has 1 fully saturated rings. The van der Waals surface area contributed by atoms with E-state index in [1.165, 1.54) is 0 Å². The van der Waals surface area contributed by atoms with Gasteiger partial charge in [-0.3, -0.25) is 0 Å². The van der Waals surface area contributed by atoms with Crippen LogP contribution in [0.3, 0.4) is 0 Å². The number of rotatable bonds is 3. The highest BCUT2D eigenvalue weighted by Crippen LogP contribution is 2.30. The van der Waals surface area contributed by atoms with Gasteiger partial charge in [0.05, 0.1) is 10.0 Å². The van der Waals surface area contributed by atoms with E-state index in [2.05, 4.69) is 10.0 Å². The summed E-state index contributed by atoms with van der Waals surface area (Å²) in [4.78, 5) is -0.268. The molecule has 4 nitrogen and oxygen atoms in total. The molecule has 19 heavy (non-hydrogen) atoms. The Hall–Kier alpha value is -0.400. The fourth-order valence-corrected chi connectivity index (χ4v) is 4.50. The molecule has 0 saturated carbocycles. The topological polar surface area (TPSA) is 58.2 Å². The quantitative estimate of drug-likeness (QED) is 0.894. The normalized spacial score (nSPS) is 17.6. The lowest BCUT2D eigenvalue weighted by molar-refractivity contribution is 0.427. The molecule has 2 N–H and O–H groups in total. The molecule has 1 aromatic rings. The van der Waals surface area contributed by atoms with Crippen LogP contribution in [0.5, 0.6) is 0 Å². The lowest BCUT2D eigenvalue weighted by Crippen LogP contribution is -2.42. The number of hydrogen-bond acceptors (Lipinski definition) is 3. The van der Waals surface area contributed by atoms with E-state index in [1.807, 2.05) is 0 Å². The van der Waals surface area contributed by atoms with Crippen molar-refractivity contribution in [1.29, 1.82) is 0 Å². The van der Waals surface area contributed by atoms with E-state index >= 15 is 0 Å². The summed E-state index contributed by atoms with van der Waals surface area (Å²) in [7, 11) is -3.85. The fraction of sp³-hybridized carbons (Fsp3) is 0.455. The molecule has 1 aliphatic heterocycles. The fourth-order valence-electron chi connectivity index (χ4n) is 2.00. The molecule has 8 heteroatoms. The van der Waals surface area contributed by atoms with Crippen molar-refractivity contribution in [2.45, 2.75) is 23.8 Å². The second-order valence-corrected chi connectivity index (χ2v) is 6.81. The molecule has 0 unspecified atom stereocenters. The molecule has 2 rings (SSSR count). The van der Waals surface area contributed by atoms with Crippen LogP contribution in [-0.2, 0) is 10.0 Å². The molecule has 1 aliphatic rings. The summed E-state index contributed by atoms with van der Waals surface area (Å²) in [6.45, 7) is 1.50. The van der Waals surface area contributed by atoms with Crippen molar-refractivity contribution in [2.75, 3.05) is 13.1 Å². The zero-order valence-electron chi connectivity index (χ0n) is 9.92. The SMILES string of the molecule is O=S(=O)(NC1CCNCC1)c1c(Cl)cc(F)cc1Cl. The van der Waals surface area contributed by atoms with E-state index in [0.717, 1.165) is 25.2 Å². The summed E-state index contributed by atoms with van der Waals surface area (Å²) in [6.07, 6.45) is 1.38. The number of sulfonamides is 1. The van der Waals surface area contributed by atoms with Crippen molar-refractivity contribution in [3.63, 3.8) is 0 Å². The summed E-state index contributed by atoms with van der Waals surface area (Å²) in [6, 6.07) is 1.71. The van der Waals surface area contributed by atoms with Crippen LogP contribution in [-0.4, -0.2) is 27.5 Å². The summed E-state index contributed by atoms with van der Waals surface area (Å²) in [5.41, 5.74) is 0. The highest BCUT2D eigenvalue weighted by Gasteiger charge is 2.26. The predicted octanol–water partition coefficient (Wildman–Crippen LogP) is 2.16. The largest absolute Gasteiger partial charge is 0.317 e. The second-order valence-electron chi connectivity index (χ2n) is 4.34. The Balaban J connectivity index is 2.29. The predicted molar refractivity (Wildman–Crippen MR) is 72.6 cm³/mol. The molecule has 0 amide bonds. The molecule has 1 saturated heterocycles. The summed E-state index contributed by atoms with van der Waals surface area (Å²) in [5.74, 6) is -0.671. The zero-order valence-corrected chi connectivity index (χ0v) is 12.2.